The summed E-state index contributed by atoms with van der Waals surface area (Å²) >= 11 is 0. The Kier molecular flexibility index (Phi) is 11.5. The molecule has 0 saturated carbocycles. The second kappa shape index (κ2) is 15.6. The van der Waals surface area contributed by atoms with Crippen LogP contribution in [-0.4, -0.2) is 167 Å². The number of aliphatic hydroxyl groups excluding tert-OH is 10. The number of phenols is 2. The van der Waals surface area contributed by atoms with Crippen LogP contribution in [0.25, 0.3) is 22.3 Å². The van der Waals surface area contributed by atoms with Crippen molar-refractivity contribution in [2.75, 3.05) is 13.2 Å². The topological polar surface area (TPSA) is 328 Å². The molecule has 20 nitrogen and oxygen atoms in total. The Bertz CT molecular complexity index is 1780. The van der Waals surface area contributed by atoms with Crippen molar-refractivity contribution >= 4 is 11.0 Å². The lowest BCUT2D eigenvalue weighted by Gasteiger charge is -2.42. The molecule has 1 aromatic heterocycles. The van der Waals surface area contributed by atoms with Crippen LogP contribution in [0, 0.1) is 0 Å². The molecule has 3 aliphatic heterocycles. The minimum atomic E-state index is -2.00. The molecule has 3 saturated heterocycles. The molecular formula is C33H40O20. The SMILES string of the molecule is CC1OC(OCC2OC(Oc3c(-c4ccc(O)cc4)oc4cc(OC5OC(CO)C(O)C(O)C5O)cc(O)c4c3=O)C(O)C(O)C2O)C(O)C(O)C1O. The first-order valence-corrected chi connectivity index (χ1v) is 16.4. The number of fused-ring (bicyclic) bond motifs is 1. The van der Waals surface area contributed by atoms with E-state index in [4.69, 9.17) is 32.8 Å². The van der Waals surface area contributed by atoms with E-state index in [1.807, 2.05) is 0 Å². The molecule has 6 rings (SSSR count). The Hall–Kier alpha value is -3.71. The van der Waals surface area contributed by atoms with Crippen LogP contribution in [0.15, 0.2) is 45.6 Å². The largest absolute Gasteiger partial charge is 0.508 e. The van der Waals surface area contributed by atoms with E-state index in [-0.39, 0.29) is 28.4 Å². The quantitative estimate of drug-likeness (QED) is 0.0992. The summed E-state index contributed by atoms with van der Waals surface area (Å²) in [6.07, 6.45) is -24.7. The molecule has 0 aliphatic carbocycles. The van der Waals surface area contributed by atoms with Gasteiger partial charge in [0.05, 0.1) is 19.3 Å². The summed E-state index contributed by atoms with van der Waals surface area (Å²) in [7, 11) is 0. The number of rotatable bonds is 9. The van der Waals surface area contributed by atoms with Crippen molar-refractivity contribution in [2.24, 2.45) is 0 Å². The second-order valence-electron chi connectivity index (χ2n) is 12.9. The van der Waals surface area contributed by atoms with Gasteiger partial charge in [0.1, 0.15) is 95.4 Å². The predicted octanol–water partition coefficient (Wildman–Crippen LogP) is -3.92. The van der Waals surface area contributed by atoms with E-state index in [9.17, 15) is 66.1 Å². The van der Waals surface area contributed by atoms with Crippen molar-refractivity contribution in [1.29, 1.82) is 0 Å². The smallest absolute Gasteiger partial charge is 0.239 e. The van der Waals surface area contributed by atoms with Gasteiger partial charge in [-0.2, -0.15) is 0 Å². The Morgan fingerprint density at radius 3 is 1.87 bits per heavy atom. The summed E-state index contributed by atoms with van der Waals surface area (Å²) in [5.74, 6) is -2.21. The Balaban J connectivity index is 1.32. The Morgan fingerprint density at radius 1 is 0.660 bits per heavy atom. The fourth-order valence-electron chi connectivity index (χ4n) is 6.14. The van der Waals surface area contributed by atoms with Crippen molar-refractivity contribution in [3.05, 3.63) is 46.6 Å². The van der Waals surface area contributed by atoms with E-state index in [0.717, 1.165) is 12.1 Å². The van der Waals surface area contributed by atoms with Gasteiger partial charge in [-0.05, 0) is 31.2 Å². The van der Waals surface area contributed by atoms with Gasteiger partial charge >= 0.3 is 0 Å². The Morgan fingerprint density at radius 2 is 1.23 bits per heavy atom. The third-order valence-corrected chi connectivity index (χ3v) is 9.27. The van der Waals surface area contributed by atoms with Crippen LogP contribution >= 0.6 is 0 Å². The molecule has 12 N–H and O–H groups in total. The third-order valence-electron chi connectivity index (χ3n) is 9.27. The molecule has 3 aliphatic rings. The maximum atomic E-state index is 14.0. The molecule has 53 heavy (non-hydrogen) atoms. The van der Waals surface area contributed by atoms with Crippen molar-refractivity contribution < 1.29 is 94.1 Å². The van der Waals surface area contributed by atoms with Crippen molar-refractivity contribution in [3.63, 3.8) is 0 Å². The molecule has 15 atom stereocenters. The molecule has 0 radical (unpaired) electrons. The van der Waals surface area contributed by atoms with E-state index in [2.05, 4.69) is 0 Å². The Labute approximate surface area is 298 Å². The lowest BCUT2D eigenvalue weighted by atomic mass is 9.98. The highest BCUT2D eigenvalue weighted by atomic mass is 16.7. The fraction of sp³-hybridized carbons (Fsp3) is 0.545. The van der Waals surface area contributed by atoms with Gasteiger partial charge in [0.15, 0.2) is 12.1 Å². The van der Waals surface area contributed by atoms with Gasteiger partial charge in [0.25, 0.3) is 0 Å². The highest BCUT2D eigenvalue weighted by Gasteiger charge is 2.48. The van der Waals surface area contributed by atoms with Gasteiger partial charge in [0.2, 0.25) is 23.8 Å². The van der Waals surface area contributed by atoms with Crippen molar-refractivity contribution in [2.45, 2.75) is 99.0 Å². The zero-order valence-electron chi connectivity index (χ0n) is 27.7. The highest BCUT2D eigenvalue weighted by Crippen LogP contribution is 2.39. The third kappa shape index (κ3) is 7.52. The molecule has 15 unspecified atom stereocenters. The van der Waals surface area contributed by atoms with Crippen LogP contribution < -0.4 is 14.9 Å². The van der Waals surface area contributed by atoms with E-state index >= 15 is 0 Å². The first kappa shape index (κ1) is 39.0. The maximum Gasteiger partial charge on any atom is 0.239 e. The van der Waals surface area contributed by atoms with Crippen LogP contribution in [-0.2, 0) is 18.9 Å². The minimum Gasteiger partial charge on any atom is -0.508 e. The van der Waals surface area contributed by atoms with Gasteiger partial charge in [-0.1, -0.05) is 0 Å². The standard InChI is InChI=1S/C33H40O20/c1-10-19(37)23(41)26(44)31(48-10)47-9-17-21(39)25(43)28(46)33(52-17)53-30-22(40)18-14(36)6-13(49-32-27(45)24(42)20(38)16(8-34)51-32)7-15(18)50-29(30)11-2-4-12(35)5-3-11/h2-7,10,16-17,19-21,23-28,31-39,41-46H,8-9H2,1H3. The van der Waals surface area contributed by atoms with Crippen LogP contribution in [0.2, 0.25) is 0 Å². The van der Waals surface area contributed by atoms with Crippen molar-refractivity contribution in [3.8, 4) is 34.3 Å². The summed E-state index contributed by atoms with van der Waals surface area (Å²) in [6, 6.07) is 7.20. The molecule has 3 fully saturated rings. The number of aromatic hydroxyl groups is 2. The molecule has 4 heterocycles. The molecular weight excluding hydrogens is 716 g/mol. The summed E-state index contributed by atoms with van der Waals surface area (Å²) in [4.78, 5) is 14.0. The molecule has 2 aromatic carbocycles. The molecule has 0 spiro atoms. The van der Waals surface area contributed by atoms with Crippen LogP contribution in [0.5, 0.6) is 23.0 Å². The normalized spacial score (nSPS) is 37.8. The van der Waals surface area contributed by atoms with Gasteiger partial charge in [-0.25, -0.2) is 0 Å². The maximum absolute atomic E-state index is 14.0. The summed E-state index contributed by atoms with van der Waals surface area (Å²) in [6.45, 7) is 0.0485. The molecule has 0 bridgehead atoms. The fourth-order valence-corrected chi connectivity index (χ4v) is 6.14. The molecule has 20 heteroatoms. The number of phenolic OH excluding ortho intramolecular Hbond substituents is 2. The lowest BCUT2D eigenvalue weighted by molar-refractivity contribution is -0.318. The first-order valence-electron chi connectivity index (χ1n) is 16.4. The number of hydrogen-bond acceptors (Lipinski definition) is 20. The van der Waals surface area contributed by atoms with E-state index in [1.165, 1.54) is 31.2 Å². The monoisotopic (exact) mass is 756 g/mol. The van der Waals surface area contributed by atoms with E-state index in [1.54, 1.807) is 0 Å². The number of benzene rings is 2. The summed E-state index contributed by atoms with van der Waals surface area (Å²) < 4.78 is 39.3. The molecule has 3 aromatic rings. The predicted molar refractivity (Wildman–Crippen MR) is 171 cm³/mol. The van der Waals surface area contributed by atoms with E-state index in [0.29, 0.717) is 0 Å². The van der Waals surface area contributed by atoms with E-state index < -0.39 is 128 Å². The van der Waals surface area contributed by atoms with Gasteiger partial charge in [0, 0.05) is 17.7 Å². The van der Waals surface area contributed by atoms with Crippen LogP contribution in [0.1, 0.15) is 6.92 Å². The second-order valence-corrected chi connectivity index (χ2v) is 12.9. The minimum absolute atomic E-state index is 0.112. The van der Waals surface area contributed by atoms with Gasteiger partial charge in [-0.3, -0.25) is 4.79 Å². The van der Waals surface area contributed by atoms with Gasteiger partial charge < -0.3 is 94.1 Å². The van der Waals surface area contributed by atoms with Crippen LogP contribution in [0.4, 0.5) is 0 Å². The molecule has 292 valence electrons. The number of ether oxygens (including phenoxy) is 6. The average molecular weight is 757 g/mol. The zero-order valence-corrected chi connectivity index (χ0v) is 27.7. The average Bonchev–Trinajstić information content (AvgIpc) is 3.13. The zero-order chi connectivity index (χ0) is 38.5. The van der Waals surface area contributed by atoms with Gasteiger partial charge in [-0.15, -0.1) is 0 Å². The number of aliphatic hydroxyl groups is 10. The lowest BCUT2D eigenvalue weighted by Crippen LogP contribution is -2.61. The highest BCUT2D eigenvalue weighted by molar-refractivity contribution is 5.88. The summed E-state index contributed by atoms with van der Waals surface area (Å²) in [5, 5.41) is 123. The number of hydrogen-bond donors (Lipinski definition) is 12. The van der Waals surface area contributed by atoms with Crippen LogP contribution in [0.3, 0.4) is 0 Å². The summed E-state index contributed by atoms with van der Waals surface area (Å²) in [5.41, 5.74) is -1.26. The first-order chi connectivity index (χ1) is 25.1. The molecule has 0 amide bonds. The van der Waals surface area contributed by atoms with Crippen molar-refractivity contribution in [1.82, 2.24) is 0 Å².